The highest BCUT2D eigenvalue weighted by Gasteiger charge is 2.24. The first-order valence-electron chi connectivity index (χ1n) is 8.28. The summed E-state index contributed by atoms with van der Waals surface area (Å²) in [5.41, 5.74) is 7.57. The minimum atomic E-state index is -1.77. The molecule has 0 amide bonds. The van der Waals surface area contributed by atoms with Crippen molar-refractivity contribution in [1.29, 1.82) is 0 Å². The highest BCUT2D eigenvalue weighted by atomic mass is 19.2. The van der Waals surface area contributed by atoms with Gasteiger partial charge in [-0.2, -0.15) is 0 Å². The quantitative estimate of drug-likeness (QED) is 0.108. The van der Waals surface area contributed by atoms with Gasteiger partial charge in [-0.15, -0.1) is 0 Å². The molecule has 0 heterocycles. The van der Waals surface area contributed by atoms with Crippen LogP contribution in [-0.2, 0) is 9.53 Å². The third-order valence-electron chi connectivity index (χ3n) is 3.68. The molecule has 0 aliphatic rings. The molecule has 0 fully saturated rings. The van der Waals surface area contributed by atoms with Gasteiger partial charge in [0, 0.05) is 18.4 Å². The molecule has 1 N–H and O–H groups in total. The number of carbonyl (C=O) groups excluding carboxylic acids is 1. The van der Waals surface area contributed by atoms with Crippen molar-refractivity contribution in [2.24, 2.45) is 5.11 Å². The third kappa shape index (κ3) is 6.62. The van der Waals surface area contributed by atoms with Crippen LogP contribution in [0.15, 0.2) is 28.4 Å². The third-order valence-corrected chi connectivity index (χ3v) is 3.68. The molecule has 1 rings (SSSR count). The zero-order valence-corrected chi connectivity index (χ0v) is 15.7. The fourth-order valence-electron chi connectivity index (χ4n) is 2.16. The van der Waals surface area contributed by atoms with Gasteiger partial charge in [0.2, 0.25) is 0 Å². The summed E-state index contributed by atoms with van der Waals surface area (Å²) in [4.78, 5) is 12.8. The summed E-state index contributed by atoms with van der Waals surface area (Å²) >= 11 is 0. The number of carbonyl (C=O) groups is 1. The maximum absolute atomic E-state index is 13.9. The smallest absolute Gasteiger partial charge is 0.302 e. The Bertz CT molecular complexity index is 817. The maximum Gasteiger partial charge on any atom is 0.302 e. The Balaban J connectivity index is 2.72. The van der Waals surface area contributed by atoms with Crippen LogP contribution in [0.3, 0.4) is 0 Å². The Morgan fingerprint density at radius 1 is 1.07 bits per heavy atom. The maximum atomic E-state index is 13.9. The van der Waals surface area contributed by atoms with Crippen LogP contribution in [-0.4, -0.2) is 19.1 Å². The summed E-state index contributed by atoms with van der Waals surface area (Å²) in [5, 5.41) is 4.94. The number of benzene rings is 1. The van der Waals surface area contributed by atoms with Crippen molar-refractivity contribution in [3.05, 3.63) is 57.0 Å². The molecule has 152 valence electrons. The molecule has 1 aromatic rings. The van der Waals surface area contributed by atoms with E-state index in [-0.39, 0.29) is 19.1 Å². The Morgan fingerprint density at radius 3 is 2.21 bits per heavy atom. The molecule has 6 nitrogen and oxygen atoms in total. The average molecular weight is 400 g/mol. The molecule has 0 bridgehead atoms. The van der Waals surface area contributed by atoms with Gasteiger partial charge >= 0.3 is 5.97 Å². The molecule has 10 heteroatoms. The standard InChI is InChI=1S/C18H20F4N4O2/c1-10(7-8-28-12(3)27)5-4-6-11(2)9-24-17-13(19)15(21)18(25-26-23)16(22)14(17)20/h6-7,24H,4-5,8-9H2,1-3H3/b10-7+,11-6+. The van der Waals surface area contributed by atoms with Crippen LogP contribution in [0.25, 0.3) is 10.4 Å². The number of anilines is 1. The van der Waals surface area contributed by atoms with Gasteiger partial charge in [-0.1, -0.05) is 22.3 Å². The minimum Gasteiger partial charge on any atom is -0.462 e. The molecular formula is C18H20F4N4O2. The second-order valence-electron chi connectivity index (χ2n) is 5.96. The largest absolute Gasteiger partial charge is 0.462 e. The molecule has 0 aliphatic heterocycles. The van der Waals surface area contributed by atoms with Gasteiger partial charge < -0.3 is 10.1 Å². The molecule has 28 heavy (non-hydrogen) atoms. The molecule has 1 aromatic carbocycles. The van der Waals surface area contributed by atoms with Crippen LogP contribution in [0.2, 0.25) is 0 Å². The topological polar surface area (TPSA) is 87.1 Å². The summed E-state index contributed by atoms with van der Waals surface area (Å²) in [5.74, 6) is -7.24. The van der Waals surface area contributed by atoms with Crippen molar-refractivity contribution >= 4 is 17.3 Å². The number of nitrogens with zero attached hydrogens (tertiary/aromatic N) is 3. The van der Waals surface area contributed by atoms with Crippen LogP contribution < -0.4 is 5.32 Å². The molecular weight excluding hydrogens is 380 g/mol. The van der Waals surface area contributed by atoms with E-state index < -0.39 is 34.6 Å². The number of esters is 1. The summed E-state index contributed by atoms with van der Waals surface area (Å²) in [6.07, 6.45) is 4.85. The highest BCUT2D eigenvalue weighted by molar-refractivity contribution is 5.66. The van der Waals surface area contributed by atoms with Gasteiger partial charge in [0.25, 0.3) is 0 Å². The van der Waals surface area contributed by atoms with Gasteiger partial charge in [0.15, 0.2) is 23.3 Å². The van der Waals surface area contributed by atoms with Gasteiger partial charge in [0.1, 0.15) is 18.0 Å². The molecule has 0 unspecified atom stereocenters. The average Bonchev–Trinajstić information content (AvgIpc) is 2.63. The van der Waals surface area contributed by atoms with Gasteiger partial charge in [-0.25, -0.2) is 17.6 Å². The number of allylic oxidation sites excluding steroid dienone is 2. The molecule has 0 spiro atoms. The Morgan fingerprint density at radius 2 is 1.68 bits per heavy atom. The first-order chi connectivity index (χ1) is 13.2. The lowest BCUT2D eigenvalue weighted by Gasteiger charge is -2.12. The molecule has 0 aliphatic carbocycles. The minimum absolute atomic E-state index is 0.0518. The SMILES string of the molecule is CC(=O)OC/C=C(\C)CC/C=C(\C)CNc1c(F)c(F)c(N=[N+]=[N-])c(F)c1F. The number of rotatable bonds is 9. The Labute approximate surface area is 159 Å². The Hall–Kier alpha value is -3.00. The van der Waals surface area contributed by atoms with E-state index in [1.54, 1.807) is 19.1 Å². The van der Waals surface area contributed by atoms with E-state index in [9.17, 15) is 22.4 Å². The first kappa shape index (κ1) is 23.0. The number of hydrogen-bond donors (Lipinski definition) is 1. The lowest BCUT2D eigenvalue weighted by molar-refractivity contribution is -0.139. The number of ether oxygens (including phenoxy) is 1. The van der Waals surface area contributed by atoms with Crippen molar-refractivity contribution in [3.63, 3.8) is 0 Å². The van der Waals surface area contributed by atoms with E-state index in [4.69, 9.17) is 10.3 Å². The summed E-state index contributed by atoms with van der Waals surface area (Å²) in [7, 11) is 0. The molecule has 0 radical (unpaired) electrons. The van der Waals surface area contributed by atoms with Crippen molar-refractivity contribution in [2.75, 3.05) is 18.5 Å². The van der Waals surface area contributed by atoms with Gasteiger partial charge in [0.05, 0.1) is 0 Å². The predicted octanol–water partition coefficient (Wildman–Crippen LogP) is 5.83. The van der Waals surface area contributed by atoms with Crippen molar-refractivity contribution < 1.29 is 27.1 Å². The van der Waals surface area contributed by atoms with Crippen molar-refractivity contribution in [1.82, 2.24) is 0 Å². The van der Waals surface area contributed by atoms with Gasteiger partial charge in [-0.05, 0) is 38.3 Å². The van der Waals surface area contributed by atoms with Gasteiger partial charge in [-0.3, -0.25) is 4.79 Å². The number of hydrogen-bond acceptors (Lipinski definition) is 4. The Kier molecular flexibility index (Phi) is 9.04. The van der Waals surface area contributed by atoms with E-state index in [1.807, 2.05) is 6.92 Å². The van der Waals surface area contributed by atoms with E-state index in [0.29, 0.717) is 18.4 Å². The predicted molar refractivity (Wildman–Crippen MR) is 97.0 cm³/mol. The fourth-order valence-corrected chi connectivity index (χ4v) is 2.16. The molecule has 0 saturated heterocycles. The lowest BCUT2D eigenvalue weighted by atomic mass is 10.1. The fraction of sp³-hybridized carbons (Fsp3) is 0.389. The van der Waals surface area contributed by atoms with Crippen LogP contribution in [0, 0.1) is 23.3 Å². The second kappa shape index (κ2) is 11.0. The second-order valence-corrected chi connectivity index (χ2v) is 5.96. The van der Waals surface area contributed by atoms with E-state index in [0.717, 1.165) is 5.57 Å². The zero-order valence-electron chi connectivity index (χ0n) is 15.7. The number of halogens is 4. The molecule has 0 aromatic heterocycles. The van der Waals surface area contributed by atoms with E-state index >= 15 is 0 Å². The molecule has 0 saturated carbocycles. The van der Waals surface area contributed by atoms with Crippen LogP contribution >= 0.6 is 0 Å². The van der Waals surface area contributed by atoms with Crippen molar-refractivity contribution in [3.8, 4) is 0 Å². The summed E-state index contributed by atoms with van der Waals surface area (Å²) < 4.78 is 60.1. The van der Waals surface area contributed by atoms with Crippen LogP contribution in [0.4, 0.5) is 28.9 Å². The summed E-state index contributed by atoms with van der Waals surface area (Å²) in [6.45, 7) is 5.00. The first-order valence-corrected chi connectivity index (χ1v) is 8.28. The number of azide groups is 1. The highest BCUT2D eigenvalue weighted by Crippen LogP contribution is 2.33. The molecule has 0 atom stereocenters. The van der Waals surface area contributed by atoms with Crippen molar-refractivity contribution in [2.45, 2.75) is 33.6 Å². The normalized spacial score (nSPS) is 11.8. The van der Waals surface area contributed by atoms with Crippen LogP contribution in [0.5, 0.6) is 0 Å². The van der Waals surface area contributed by atoms with E-state index in [1.165, 1.54) is 6.92 Å². The monoisotopic (exact) mass is 400 g/mol. The van der Waals surface area contributed by atoms with E-state index in [2.05, 4.69) is 15.3 Å². The zero-order chi connectivity index (χ0) is 21.3. The summed E-state index contributed by atoms with van der Waals surface area (Å²) in [6, 6.07) is 0. The van der Waals surface area contributed by atoms with Crippen LogP contribution in [0.1, 0.15) is 33.6 Å². The number of nitrogens with one attached hydrogen (secondary N) is 1. The lowest BCUT2D eigenvalue weighted by Crippen LogP contribution is -2.10.